The first-order valence-corrected chi connectivity index (χ1v) is 7.55. The average Bonchev–Trinajstić information content (AvgIpc) is 2.62. The Bertz CT molecular complexity index is 599. The third-order valence-electron chi connectivity index (χ3n) is 2.79. The predicted octanol–water partition coefficient (Wildman–Crippen LogP) is 4.51. The number of hydrogen-bond donors (Lipinski definition) is 0. The third kappa shape index (κ3) is 3.25. The van der Waals surface area contributed by atoms with Gasteiger partial charge in [-0.05, 0) is 25.1 Å². The van der Waals surface area contributed by atoms with Gasteiger partial charge in [-0.3, -0.25) is 4.68 Å². The molecule has 2 aromatic rings. The number of rotatable bonds is 4. The molecule has 0 atom stereocenters. The fourth-order valence-electron chi connectivity index (χ4n) is 1.78. The van der Waals surface area contributed by atoms with E-state index >= 15 is 0 Å². The molecule has 0 N–H and O–H groups in total. The van der Waals surface area contributed by atoms with Gasteiger partial charge in [-0.25, -0.2) is 0 Å². The third-order valence-corrected chi connectivity index (χ3v) is 4.12. The number of hydrogen-bond acceptors (Lipinski definition) is 2. The standard InChI is InChI=1S/C13H13BrCl2N2O/c1-8-13(16)11(18(2)17-8)7-19-12-4-3-10(15)5-9(12)6-14/h3-5H,6-7H2,1-2H3. The topological polar surface area (TPSA) is 27.1 Å². The summed E-state index contributed by atoms with van der Waals surface area (Å²) in [6, 6.07) is 5.54. The highest BCUT2D eigenvalue weighted by atomic mass is 79.9. The molecule has 1 heterocycles. The highest BCUT2D eigenvalue weighted by Crippen LogP contribution is 2.27. The van der Waals surface area contributed by atoms with Crippen molar-refractivity contribution in [1.82, 2.24) is 9.78 Å². The van der Waals surface area contributed by atoms with Crippen LogP contribution < -0.4 is 4.74 Å². The summed E-state index contributed by atoms with van der Waals surface area (Å²) in [6.45, 7) is 2.25. The van der Waals surface area contributed by atoms with Gasteiger partial charge in [0, 0.05) is 23.0 Å². The lowest BCUT2D eigenvalue weighted by Crippen LogP contribution is -2.04. The van der Waals surface area contributed by atoms with Crippen LogP contribution >= 0.6 is 39.1 Å². The minimum absolute atomic E-state index is 0.373. The summed E-state index contributed by atoms with van der Waals surface area (Å²) < 4.78 is 7.55. The molecule has 102 valence electrons. The van der Waals surface area contributed by atoms with Gasteiger partial charge < -0.3 is 4.74 Å². The summed E-state index contributed by atoms with van der Waals surface area (Å²) in [5, 5.41) is 6.28. The van der Waals surface area contributed by atoms with Crippen LogP contribution in [0, 0.1) is 6.92 Å². The molecule has 1 aromatic carbocycles. The van der Waals surface area contributed by atoms with Gasteiger partial charge in [0.15, 0.2) is 0 Å². The van der Waals surface area contributed by atoms with Gasteiger partial charge in [0.05, 0.1) is 16.4 Å². The fraction of sp³-hybridized carbons (Fsp3) is 0.308. The van der Waals surface area contributed by atoms with Crippen molar-refractivity contribution in [2.24, 2.45) is 7.05 Å². The molecule has 0 fully saturated rings. The Balaban J connectivity index is 2.19. The van der Waals surface area contributed by atoms with Crippen LogP contribution in [0.3, 0.4) is 0 Å². The summed E-state index contributed by atoms with van der Waals surface area (Å²) in [6.07, 6.45) is 0. The van der Waals surface area contributed by atoms with Crippen LogP contribution in [0.5, 0.6) is 5.75 Å². The van der Waals surface area contributed by atoms with E-state index in [0.29, 0.717) is 22.0 Å². The fourth-order valence-corrected chi connectivity index (χ4v) is 2.62. The van der Waals surface area contributed by atoms with Crippen molar-refractivity contribution in [2.75, 3.05) is 0 Å². The van der Waals surface area contributed by atoms with Crippen molar-refractivity contribution >= 4 is 39.1 Å². The zero-order valence-corrected chi connectivity index (χ0v) is 13.7. The Morgan fingerprint density at radius 3 is 2.68 bits per heavy atom. The first kappa shape index (κ1) is 14.7. The van der Waals surface area contributed by atoms with Gasteiger partial charge >= 0.3 is 0 Å². The van der Waals surface area contributed by atoms with Gasteiger partial charge in [-0.1, -0.05) is 39.1 Å². The molecule has 0 aliphatic heterocycles. The first-order chi connectivity index (χ1) is 9.02. The second-order valence-corrected chi connectivity index (χ2v) is 5.52. The number of aromatic nitrogens is 2. The number of alkyl halides is 1. The van der Waals surface area contributed by atoms with E-state index in [0.717, 1.165) is 22.7 Å². The van der Waals surface area contributed by atoms with Crippen LogP contribution in [0.1, 0.15) is 17.0 Å². The van der Waals surface area contributed by atoms with E-state index in [-0.39, 0.29) is 0 Å². The van der Waals surface area contributed by atoms with Crippen LogP contribution in [0.25, 0.3) is 0 Å². The molecule has 3 nitrogen and oxygen atoms in total. The van der Waals surface area contributed by atoms with E-state index in [4.69, 9.17) is 27.9 Å². The molecular weight excluding hydrogens is 351 g/mol. The molecule has 0 saturated carbocycles. The molecule has 0 bridgehead atoms. The van der Waals surface area contributed by atoms with Crippen molar-refractivity contribution in [3.63, 3.8) is 0 Å². The Labute approximate surface area is 130 Å². The molecule has 2 rings (SSSR count). The van der Waals surface area contributed by atoms with Crippen molar-refractivity contribution in [1.29, 1.82) is 0 Å². The molecule has 6 heteroatoms. The first-order valence-electron chi connectivity index (χ1n) is 5.68. The van der Waals surface area contributed by atoms with Crippen LogP contribution in [0.4, 0.5) is 0 Å². The number of ether oxygens (including phenoxy) is 1. The normalized spacial score (nSPS) is 10.8. The highest BCUT2D eigenvalue weighted by Gasteiger charge is 2.12. The molecular formula is C13H13BrCl2N2O. The lowest BCUT2D eigenvalue weighted by Gasteiger charge is -2.11. The molecule has 0 radical (unpaired) electrons. The monoisotopic (exact) mass is 362 g/mol. The Hall–Kier alpha value is -0.710. The van der Waals surface area contributed by atoms with Crippen molar-refractivity contribution < 1.29 is 4.74 Å². The van der Waals surface area contributed by atoms with E-state index in [1.165, 1.54) is 0 Å². The molecule has 0 unspecified atom stereocenters. The zero-order valence-electron chi connectivity index (χ0n) is 10.6. The number of aryl methyl sites for hydroxylation is 2. The van der Waals surface area contributed by atoms with Crippen LogP contribution in [0.15, 0.2) is 18.2 Å². The highest BCUT2D eigenvalue weighted by molar-refractivity contribution is 9.08. The van der Waals surface area contributed by atoms with Crippen LogP contribution in [0.2, 0.25) is 10.0 Å². The maximum absolute atomic E-state index is 6.19. The molecule has 0 amide bonds. The van der Waals surface area contributed by atoms with Crippen LogP contribution in [-0.4, -0.2) is 9.78 Å². The Morgan fingerprint density at radius 1 is 1.37 bits per heavy atom. The van der Waals surface area contributed by atoms with E-state index in [1.807, 2.05) is 26.1 Å². The van der Waals surface area contributed by atoms with Crippen molar-refractivity contribution in [2.45, 2.75) is 18.9 Å². The largest absolute Gasteiger partial charge is 0.487 e. The summed E-state index contributed by atoms with van der Waals surface area (Å²) >= 11 is 15.6. The maximum atomic E-state index is 6.19. The van der Waals surface area contributed by atoms with Crippen LogP contribution in [-0.2, 0) is 19.0 Å². The van der Waals surface area contributed by atoms with E-state index in [2.05, 4.69) is 21.0 Å². The smallest absolute Gasteiger partial charge is 0.131 e. The zero-order chi connectivity index (χ0) is 14.0. The van der Waals surface area contributed by atoms with Crippen molar-refractivity contribution in [3.05, 3.63) is 45.2 Å². The average molecular weight is 364 g/mol. The number of benzene rings is 1. The SMILES string of the molecule is Cc1nn(C)c(COc2ccc(Cl)cc2CBr)c1Cl. The van der Waals surface area contributed by atoms with Gasteiger partial charge in [0.25, 0.3) is 0 Å². The minimum atomic E-state index is 0.373. The molecule has 0 spiro atoms. The quantitative estimate of drug-likeness (QED) is 0.747. The second-order valence-electron chi connectivity index (χ2n) is 4.14. The van der Waals surface area contributed by atoms with Gasteiger partial charge in [0.2, 0.25) is 0 Å². The summed E-state index contributed by atoms with van der Waals surface area (Å²) in [7, 11) is 1.85. The molecule has 0 saturated heterocycles. The molecule has 0 aliphatic carbocycles. The molecule has 0 aliphatic rings. The summed E-state index contributed by atoms with van der Waals surface area (Å²) in [4.78, 5) is 0. The summed E-state index contributed by atoms with van der Waals surface area (Å²) in [5.41, 5.74) is 2.66. The van der Waals surface area contributed by atoms with E-state index in [9.17, 15) is 0 Å². The van der Waals surface area contributed by atoms with Gasteiger partial charge in [-0.15, -0.1) is 0 Å². The summed E-state index contributed by atoms with van der Waals surface area (Å²) in [5.74, 6) is 0.788. The van der Waals surface area contributed by atoms with Gasteiger partial charge in [0.1, 0.15) is 12.4 Å². The number of nitrogens with zero attached hydrogens (tertiary/aromatic N) is 2. The maximum Gasteiger partial charge on any atom is 0.131 e. The van der Waals surface area contributed by atoms with Gasteiger partial charge in [-0.2, -0.15) is 5.10 Å². The second kappa shape index (κ2) is 6.16. The lowest BCUT2D eigenvalue weighted by molar-refractivity contribution is 0.293. The Kier molecular flexibility index (Phi) is 4.76. The molecule has 1 aromatic heterocycles. The van der Waals surface area contributed by atoms with E-state index < -0.39 is 0 Å². The lowest BCUT2D eigenvalue weighted by atomic mass is 10.2. The Morgan fingerprint density at radius 2 is 2.11 bits per heavy atom. The predicted molar refractivity (Wildman–Crippen MR) is 81.4 cm³/mol. The minimum Gasteiger partial charge on any atom is -0.487 e. The number of halogens is 3. The molecule has 19 heavy (non-hydrogen) atoms. The van der Waals surface area contributed by atoms with E-state index in [1.54, 1.807) is 10.7 Å². The van der Waals surface area contributed by atoms with Crippen molar-refractivity contribution in [3.8, 4) is 5.75 Å².